The smallest absolute Gasteiger partial charge is 0.196 e. The minimum atomic E-state index is -0.0931. The summed E-state index contributed by atoms with van der Waals surface area (Å²) in [7, 11) is 0. The maximum absolute atomic E-state index is 16.7. The SMILES string of the molecule is CCCCCCc1ccc(Sc2ccc(Sc3ccc(-c4ccc(C5CCC(CCCCC)CC5)cc4)cc3)c3c2C(=O)c2c(Sc4ccc(CCCCCC)cc4)c(-c4ccc(CCCC)cc4)cc(Sc4ccc(CCCCCC)cc4)c2C3=O)cc1. The molecule has 0 radical (unpaired) electrons. The molecule has 6 heteroatoms. The number of carbonyl (C=O) groups excluding carboxylic acids is 2. The quantitative estimate of drug-likeness (QED) is 0.0381. The van der Waals surface area contributed by atoms with Gasteiger partial charge in [-0.05, 0) is 206 Å². The van der Waals surface area contributed by atoms with Crippen LogP contribution in [0.4, 0.5) is 0 Å². The van der Waals surface area contributed by atoms with E-state index in [0.29, 0.717) is 28.2 Å². The molecule has 0 spiro atoms. The Kier molecular flexibility index (Phi) is 25.6. The van der Waals surface area contributed by atoms with E-state index >= 15 is 9.59 Å². The summed E-state index contributed by atoms with van der Waals surface area (Å²) in [5.74, 6) is 1.37. The van der Waals surface area contributed by atoms with Crippen molar-refractivity contribution >= 4 is 58.6 Å². The highest BCUT2D eigenvalue weighted by Gasteiger charge is 2.40. The van der Waals surface area contributed by atoms with Crippen LogP contribution in [-0.4, -0.2) is 11.6 Å². The summed E-state index contributed by atoms with van der Waals surface area (Å²) < 4.78 is 0. The lowest BCUT2D eigenvalue weighted by atomic mass is 9.77. The molecule has 464 valence electrons. The number of hydrogen-bond acceptors (Lipinski definition) is 6. The Morgan fingerprint density at radius 3 is 1.15 bits per heavy atom. The molecule has 8 aromatic rings. The second kappa shape index (κ2) is 34.2. The first kappa shape index (κ1) is 66.4. The maximum Gasteiger partial charge on any atom is 0.196 e. The van der Waals surface area contributed by atoms with Gasteiger partial charge in [-0.15, -0.1) is 0 Å². The van der Waals surface area contributed by atoms with Gasteiger partial charge in [0.1, 0.15) is 0 Å². The molecule has 0 unspecified atom stereocenters. The van der Waals surface area contributed by atoms with Crippen LogP contribution in [0.2, 0.25) is 0 Å². The zero-order valence-electron chi connectivity index (χ0n) is 54.1. The third kappa shape index (κ3) is 18.0. The molecule has 0 bridgehead atoms. The van der Waals surface area contributed by atoms with Crippen molar-refractivity contribution in [2.24, 2.45) is 5.92 Å². The summed E-state index contributed by atoms with van der Waals surface area (Å²) in [4.78, 5) is 40.6. The number of aryl methyl sites for hydroxylation is 4. The molecule has 1 fully saturated rings. The van der Waals surface area contributed by atoms with Gasteiger partial charge < -0.3 is 0 Å². The highest BCUT2D eigenvalue weighted by molar-refractivity contribution is 8.00. The van der Waals surface area contributed by atoms with E-state index in [1.54, 1.807) is 47.0 Å². The molecule has 0 aliphatic heterocycles. The average molecular weight is 1250 g/mol. The average Bonchev–Trinajstić information content (AvgIpc) is 0.755. The van der Waals surface area contributed by atoms with Crippen molar-refractivity contribution in [1.29, 1.82) is 0 Å². The normalized spacial score (nSPS) is 14.7. The number of rotatable bonds is 33. The molecule has 0 heterocycles. The zero-order valence-corrected chi connectivity index (χ0v) is 57.3. The minimum Gasteiger partial charge on any atom is -0.288 e. The monoisotopic (exact) mass is 1250 g/mol. The molecule has 2 aliphatic carbocycles. The van der Waals surface area contributed by atoms with Crippen molar-refractivity contribution < 1.29 is 9.59 Å². The van der Waals surface area contributed by atoms with E-state index in [1.165, 1.54) is 167 Å². The lowest BCUT2D eigenvalue weighted by Gasteiger charge is -2.29. The fourth-order valence-electron chi connectivity index (χ4n) is 13.2. The van der Waals surface area contributed by atoms with Crippen molar-refractivity contribution in [3.8, 4) is 22.3 Å². The highest BCUT2D eigenvalue weighted by atomic mass is 32.2. The van der Waals surface area contributed by atoms with Gasteiger partial charge in [-0.3, -0.25) is 9.59 Å². The Bertz CT molecular complexity index is 3520. The standard InChI is InChI=1S/C83H96O2S4/c1-6-11-16-20-25-61-32-48-69(49-33-61)86-75-57-56-74(87-71-54-46-67(47-55-71)66-44-42-65(43-45-66)64-38-28-60(29-39-64)24-19-14-9-4)77-78(75)82(85)80-79(81(77)84)76(88-70-50-34-62(35-51-70)26-21-17-12-7-2)58-73(68-40-30-59(31-41-68)23-15-10-5)83(80)89-72-52-36-63(37-53-72)27-22-18-13-8-3/h30-37,40-58,60,64H,6-29,38-39H2,1-5H3. The third-order valence-electron chi connectivity index (χ3n) is 18.6. The van der Waals surface area contributed by atoms with E-state index < -0.39 is 0 Å². The fourth-order valence-corrected chi connectivity index (χ4v) is 17.2. The van der Waals surface area contributed by atoms with Crippen LogP contribution in [0, 0.1) is 5.92 Å². The summed E-state index contributed by atoms with van der Waals surface area (Å²) in [5.41, 5.74) is 13.2. The number of carbonyl (C=O) groups is 2. The first-order chi connectivity index (χ1) is 43.7. The molecular formula is C83H96O2S4. The lowest BCUT2D eigenvalue weighted by Crippen LogP contribution is -2.25. The van der Waals surface area contributed by atoms with E-state index in [-0.39, 0.29) is 11.6 Å². The van der Waals surface area contributed by atoms with Gasteiger partial charge in [0.25, 0.3) is 0 Å². The van der Waals surface area contributed by atoms with Crippen LogP contribution < -0.4 is 0 Å². The topological polar surface area (TPSA) is 34.1 Å². The van der Waals surface area contributed by atoms with Gasteiger partial charge in [0.2, 0.25) is 0 Å². The van der Waals surface area contributed by atoms with Crippen LogP contribution in [0.1, 0.15) is 241 Å². The fraction of sp³-hybridized carbons (Fsp3) is 0.398. The molecule has 2 nitrogen and oxygen atoms in total. The maximum atomic E-state index is 16.7. The lowest BCUT2D eigenvalue weighted by molar-refractivity contribution is 0.0970. The predicted octanol–water partition coefficient (Wildman–Crippen LogP) is 26.0. The Labute approximate surface area is 552 Å². The Morgan fingerprint density at radius 2 is 0.685 bits per heavy atom. The van der Waals surface area contributed by atoms with Gasteiger partial charge in [0.15, 0.2) is 11.6 Å². The van der Waals surface area contributed by atoms with Crippen molar-refractivity contribution in [1.82, 2.24) is 0 Å². The molecule has 89 heavy (non-hydrogen) atoms. The summed E-state index contributed by atoms with van der Waals surface area (Å²) >= 11 is 6.45. The van der Waals surface area contributed by atoms with E-state index in [4.69, 9.17) is 0 Å². The predicted molar refractivity (Wildman–Crippen MR) is 384 cm³/mol. The highest BCUT2D eigenvalue weighted by Crippen LogP contribution is 2.52. The van der Waals surface area contributed by atoms with Crippen LogP contribution in [-0.2, 0) is 25.7 Å². The molecule has 2 aliphatic rings. The van der Waals surface area contributed by atoms with Gasteiger partial charge in [0.05, 0.1) is 0 Å². The summed E-state index contributed by atoms with van der Waals surface area (Å²) in [5, 5.41) is 0. The van der Waals surface area contributed by atoms with Gasteiger partial charge in [-0.1, -0.05) is 269 Å². The Morgan fingerprint density at radius 1 is 0.326 bits per heavy atom. The second-order valence-corrected chi connectivity index (χ2v) is 29.8. The van der Waals surface area contributed by atoms with E-state index in [0.717, 1.165) is 94.7 Å². The van der Waals surface area contributed by atoms with Crippen LogP contribution >= 0.6 is 47.0 Å². The molecule has 1 saturated carbocycles. The van der Waals surface area contributed by atoms with E-state index in [1.807, 2.05) is 0 Å². The van der Waals surface area contributed by atoms with Crippen molar-refractivity contribution in [3.05, 3.63) is 214 Å². The van der Waals surface area contributed by atoms with E-state index in [2.05, 4.69) is 198 Å². The molecule has 8 aromatic carbocycles. The zero-order chi connectivity index (χ0) is 61.7. The first-order valence-corrected chi connectivity index (χ1v) is 37.8. The largest absolute Gasteiger partial charge is 0.288 e. The van der Waals surface area contributed by atoms with Crippen LogP contribution in [0.15, 0.2) is 203 Å². The van der Waals surface area contributed by atoms with Gasteiger partial charge in [-0.2, -0.15) is 0 Å². The number of fused-ring (bicyclic) bond motifs is 2. The number of unbranched alkanes of at least 4 members (excludes halogenated alkanes) is 12. The van der Waals surface area contributed by atoms with Crippen molar-refractivity contribution in [2.75, 3.05) is 0 Å². The van der Waals surface area contributed by atoms with Crippen molar-refractivity contribution in [3.63, 3.8) is 0 Å². The molecule has 0 aromatic heterocycles. The molecule has 10 rings (SSSR count). The van der Waals surface area contributed by atoms with Crippen LogP contribution in [0.25, 0.3) is 22.3 Å². The van der Waals surface area contributed by atoms with E-state index in [9.17, 15) is 0 Å². The summed E-state index contributed by atoms with van der Waals surface area (Å²) in [6, 6.07) is 60.5. The van der Waals surface area contributed by atoms with Crippen LogP contribution in [0.3, 0.4) is 0 Å². The Balaban J connectivity index is 1.05. The van der Waals surface area contributed by atoms with Gasteiger partial charge in [0, 0.05) is 61.4 Å². The molecule has 0 saturated heterocycles. The summed E-state index contributed by atoms with van der Waals surface area (Å²) in [6.07, 6.45) is 31.9. The number of ketones is 2. The molecule has 0 atom stereocenters. The van der Waals surface area contributed by atoms with Gasteiger partial charge >= 0.3 is 0 Å². The number of benzene rings is 8. The second-order valence-electron chi connectivity index (χ2n) is 25.4. The minimum absolute atomic E-state index is 0.0911. The van der Waals surface area contributed by atoms with Crippen molar-refractivity contribution in [2.45, 2.75) is 247 Å². The van der Waals surface area contributed by atoms with Crippen LogP contribution in [0.5, 0.6) is 0 Å². The molecule has 0 amide bonds. The molecular weight excluding hydrogens is 1160 g/mol. The Hall–Kier alpha value is -5.50. The van der Waals surface area contributed by atoms with Gasteiger partial charge in [-0.25, -0.2) is 0 Å². The number of hydrogen-bond donors (Lipinski definition) is 0. The third-order valence-corrected chi connectivity index (χ3v) is 22.9. The molecule has 0 N–H and O–H groups in total. The summed E-state index contributed by atoms with van der Waals surface area (Å²) in [6.45, 7) is 11.3. The first-order valence-electron chi connectivity index (χ1n) is 34.5.